The van der Waals surface area contributed by atoms with E-state index >= 15 is 0 Å². The van der Waals surface area contributed by atoms with Gasteiger partial charge in [0.2, 0.25) is 0 Å². The molecule has 0 spiro atoms. The number of fused-ring (bicyclic) bond motifs is 1. The zero-order chi connectivity index (χ0) is 19.5. The Balaban J connectivity index is 1.90. The molecule has 0 atom stereocenters. The van der Waals surface area contributed by atoms with Crippen LogP contribution in [0.5, 0.6) is 0 Å². The van der Waals surface area contributed by atoms with Crippen molar-refractivity contribution in [3.8, 4) is 22.4 Å². The number of urea groups is 1. The number of hydrogen-bond acceptors (Lipinski definition) is 5. The Hall–Kier alpha value is -3.39. The van der Waals surface area contributed by atoms with Crippen LogP contribution in [-0.4, -0.2) is 27.5 Å². The van der Waals surface area contributed by atoms with Crippen LogP contribution in [-0.2, 0) is 0 Å². The van der Waals surface area contributed by atoms with Crippen LogP contribution in [0.2, 0.25) is 0 Å². The molecule has 1 aromatic carbocycles. The number of amides is 2. The smallest absolute Gasteiger partial charge is 0.321 e. The van der Waals surface area contributed by atoms with Gasteiger partial charge in [-0.1, -0.05) is 17.4 Å². The molecule has 4 aromatic rings. The number of aromatic nitrogens is 3. The van der Waals surface area contributed by atoms with Crippen LogP contribution >= 0.6 is 11.3 Å². The highest BCUT2D eigenvalue weighted by atomic mass is 32.1. The highest BCUT2D eigenvalue weighted by molar-refractivity contribution is 7.22. The summed E-state index contributed by atoms with van der Waals surface area (Å²) in [6, 6.07) is 10.1. The topological polar surface area (TPSA) is 79.8 Å². The molecule has 0 radical (unpaired) electrons. The first-order chi connectivity index (χ1) is 13.7. The average molecular weight is 393 g/mol. The lowest BCUT2D eigenvalue weighted by molar-refractivity contribution is 0.252. The number of pyridine rings is 2. The molecule has 2 N–H and O–H groups in total. The monoisotopic (exact) mass is 393 g/mol. The molecule has 0 aliphatic heterocycles. The van der Waals surface area contributed by atoms with E-state index < -0.39 is 5.82 Å². The van der Waals surface area contributed by atoms with Crippen molar-refractivity contribution in [1.29, 1.82) is 0 Å². The van der Waals surface area contributed by atoms with Crippen molar-refractivity contribution in [2.24, 2.45) is 0 Å². The number of nitrogens with one attached hydrogen (secondary N) is 2. The lowest BCUT2D eigenvalue weighted by Gasteiger charge is -2.07. The maximum Gasteiger partial charge on any atom is 0.321 e. The summed E-state index contributed by atoms with van der Waals surface area (Å²) in [5, 5.41) is 5.81. The van der Waals surface area contributed by atoms with E-state index in [-0.39, 0.29) is 11.7 Å². The second-order valence-electron chi connectivity index (χ2n) is 5.95. The van der Waals surface area contributed by atoms with E-state index in [2.05, 4.69) is 25.6 Å². The van der Waals surface area contributed by atoms with E-state index in [1.807, 2.05) is 31.2 Å². The minimum Gasteiger partial charge on any atom is -0.338 e. The third kappa shape index (κ3) is 3.54. The van der Waals surface area contributed by atoms with Crippen LogP contribution in [0.4, 0.5) is 14.3 Å². The van der Waals surface area contributed by atoms with Crippen LogP contribution in [0.3, 0.4) is 0 Å². The Morgan fingerprint density at radius 1 is 1.18 bits per heavy atom. The normalized spacial score (nSPS) is 10.8. The van der Waals surface area contributed by atoms with E-state index in [9.17, 15) is 9.18 Å². The minimum absolute atomic E-state index is 0.242. The van der Waals surface area contributed by atoms with Crippen molar-refractivity contribution < 1.29 is 9.18 Å². The van der Waals surface area contributed by atoms with E-state index in [4.69, 9.17) is 0 Å². The summed E-state index contributed by atoms with van der Waals surface area (Å²) in [7, 11) is 0. The van der Waals surface area contributed by atoms with Crippen LogP contribution in [0.25, 0.3) is 32.6 Å². The van der Waals surface area contributed by atoms with Crippen molar-refractivity contribution >= 4 is 32.7 Å². The van der Waals surface area contributed by atoms with Gasteiger partial charge in [0, 0.05) is 36.3 Å². The van der Waals surface area contributed by atoms with Gasteiger partial charge >= 0.3 is 6.03 Å². The molecule has 3 heterocycles. The number of carbonyl (C=O) groups excluding carboxylic acids is 1. The number of nitrogens with zero attached hydrogens (tertiary/aromatic N) is 3. The predicted molar refractivity (Wildman–Crippen MR) is 109 cm³/mol. The van der Waals surface area contributed by atoms with Crippen molar-refractivity contribution in [3.05, 3.63) is 60.8 Å². The molecule has 2 amide bonds. The summed E-state index contributed by atoms with van der Waals surface area (Å²) in [4.78, 5) is 24.7. The number of rotatable bonds is 4. The van der Waals surface area contributed by atoms with Crippen LogP contribution in [0, 0.1) is 5.82 Å². The molecule has 140 valence electrons. The van der Waals surface area contributed by atoms with Crippen molar-refractivity contribution in [2.75, 3.05) is 11.9 Å². The molecular formula is C20H16FN5OS. The summed E-state index contributed by atoms with van der Waals surface area (Å²) in [5.74, 6) is -0.418. The van der Waals surface area contributed by atoms with Crippen molar-refractivity contribution in [3.63, 3.8) is 0 Å². The summed E-state index contributed by atoms with van der Waals surface area (Å²) < 4.78 is 15.2. The van der Waals surface area contributed by atoms with E-state index in [1.165, 1.54) is 17.4 Å². The van der Waals surface area contributed by atoms with Crippen molar-refractivity contribution in [2.45, 2.75) is 6.92 Å². The van der Waals surface area contributed by atoms with Gasteiger partial charge in [0.1, 0.15) is 11.5 Å². The first-order valence-electron chi connectivity index (χ1n) is 8.66. The van der Waals surface area contributed by atoms with E-state index in [0.717, 1.165) is 15.8 Å². The lowest BCUT2D eigenvalue weighted by Crippen LogP contribution is -2.28. The van der Waals surface area contributed by atoms with Gasteiger partial charge in [0.05, 0.1) is 10.2 Å². The standard InChI is InChI=1S/C20H16FN5OS/c1-2-23-19(27)26-20-25-16-10-13(12-5-3-7-22-11-12)9-14(18(16)28-20)17-15(21)6-4-8-24-17/h3-11H,2H2,1H3,(H2,23,25,26,27). The number of benzene rings is 1. The number of carbonyl (C=O) groups is 1. The lowest BCUT2D eigenvalue weighted by atomic mass is 10.0. The molecule has 0 bridgehead atoms. The summed E-state index contributed by atoms with van der Waals surface area (Å²) in [6.07, 6.45) is 4.98. The molecule has 0 unspecified atom stereocenters. The maximum absolute atomic E-state index is 14.5. The van der Waals surface area contributed by atoms with Gasteiger partial charge in [0.15, 0.2) is 5.13 Å². The molecule has 0 saturated heterocycles. The molecule has 8 heteroatoms. The van der Waals surface area contributed by atoms with Gasteiger partial charge in [-0.2, -0.15) is 0 Å². The van der Waals surface area contributed by atoms with Gasteiger partial charge in [-0.15, -0.1) is 0 Å². The molecular weight excluding hydrogens is 377 g/mol. The first kappa shape index (κ1) is 18.0. The second kappa shape index (κ2) is 7.69. The zero-order valence-corrected chi connectivity index (χ0v) is 15.8. The quantitative estimate of drug-likeness (QED) is 0.527. The van der Waals surface area contributed by atoms with E-state index in [0.29, 0.717) is 22.8 Å². The minimum atomic E-state index is -0.418. The van der Waals surface area contributed by atoms with Gasteiger partial charge < -0.3 is 5.32 Å². The van der Waals surface area contributed by atoms with Gasteiger partial charge in [0.25, 0.3) is 0 Å². The third-order valence-corrected chi connectivity index (χ3v) is 5.08. The molecule has 0 aliphatic carbocycles. The van der Waals surface area contributed by atoms with Crippen LogP contribution in [0.15, 0.2) is 55.0 Å². The second-order valence-corrected chi connectivity index (χ2v) is 6.95. The first-order valence-corrected chi connectivity index (χ1v) is 9.48. The largest absolute Gasteiger partial charge is 0.338 e. The molecule has 4 rings (SSSR count). The van der Waals surface area contributed by atoms with Gasteiger partial charge in [-0.25, -0.2) is 14.2 Å². The maximum atomic E-state index is 14.5. The Morgan fingerprint density at radius 3 is 2.79 bits per heavy atom. The average Bonchev–Trinajstić information content (AvgIpc) is 3.11. The molecule has 0 saturated carbocycles. The summed E-state index contributed by atoms with van der Waals surface area (Å²) >= 11 is 1.28. The van der Waals surface area contributed by atoms with Crippen LogP contribution in [0.1, 0.15) is 6.92 Å². The zero-order valence-electron chi connectivity index (χ0n) is 14.9. The fourth-order valence-electron chi connectivity index (χ4n) is 2.85. The van der Waals surface area contributed by atoms with Gasteiger partial charge in [-0.3, -0.25) is 15.3 Å². The highest BCUT2D eigenvalue weighted by Gasteiger charge is 2.17. The number of thiazole rings is 1. The molecule has 3 aromatic heterocycles. The Bertz CT molecular complexity index is 1150. The molecule has 0 fully saturated rings. The predicted octanol–water partition coefficient (Wildman–Crippen LogP) is 4.70. The Morgan fingerprint density at radius 2 is 2.04 bits per heavy atom. The fraction of sp³-hybridized carbons (Fsp3) is 0.100. The Labute approximate surface area is 164 Å². The molecule has 0 aliphatic rings. The molecule has 28 heavy (non-hydrogen) atoms. The SMILES string of the molecule is CCNC(=O)Nc1nc2cc(-c3cccnc3)cc(-c3ncccc3F)c2s1. The summed E-state index contributed by atoms with van der Waals surface area (Å²) in [5.41, 5.74) is 3.24. The number of halogens is 1. The third-order valence-electron chi connectivity index (χ3n) is 4.06. The molecule has 6 nitrogen and oxygen atoms in total. The Kier molecular flexibility index (Phi) is 4.94. The highest BCUT2D eigenvalue weighted by Crippen LogP contribution is 2.38. The number of anilines is 1. The van der Waals surface area contributed by atoms with Crippen LogP contribution < -0.4 is 10.6 Å². The van der Waals surface area contributed by atoms with Crippen molar-refractivity contribution in [1.82, 2.24) is 20.3 Å². The van der Waals surface area contributed by atoms with E-state index in [1.54, 1.807) is 24.7 Å². The van der Waals surface area contributed by atoms with Gasteiger partial charge in [-0.05, 0) is 42.8 Å². The summed E-state index contributed by atoms with van der Waals surface area (Å²) in [6.45, 7) is 2.34. The number of hydrogen-bond donors (Lipinski definition) is 2. The fourth-order valence-corrected chi connectivity index (χ4v) is 3.80.